The lowest BCUT2D eigenvalue weighted by Crippen LogP contribution is -2.60. The van der Waals surface area contributed by atoms with Gasteiger partial charge in [0.05, 0.1) is 23.2 Å². The molecular weight excluding hydrogens is 559 g/mol. The number of rotatable bonds is 9. The summed E-state index contributed by atoms with van der Waals surface area (Å²) >= 11 is 0. The highest BCUT2D eigenvalue weighted by Gasteiger charge is 2.34. The van der Waals surface area contributed by atoms with Crippen LogP contribution in [-0.2, 0) is 6.67 Å². The van der Waals surface area contributed by atoms with Crippen LogP contribution in [0.5, 0.6) is 5.75 Å². The predicted molar refractivity (Wildman–Crippen MR) is 161 cm³/mol. The number of phenols is 1. The second kappa shape index (κ2) is 12.1. The Morgan fingerprint density at radius 1 is 1.00 bits per heavy atom. The molecule has 2 aromatic heterocycles. The summed E-state index contributed by atoms with van der Waals surface area (Å²) in [5, 5.41) is 20.6. The van der Waals surface area contributed by atoms with Crippen molar-refractivity contribution in [3.8, 4) is 17.0 Å². The molecule has 6 rings (SSSR count). The Kier molecular flexibility index (Phi) is 8.25. The van der Waals surface area contributed by atoms with Gasteiger partial charge in [-0.25, -0.2) is 18.2 Å². The van der Waals surface area contributed by atoms with Crippen molar-refractivity contribution in [3.05, 3.63) is 47.7 Å². The van der Waals surface area contributed by atoms with Crippen molar-refractivity contribution >= 4 is 33.4 Å². The predicted octanol–water partition coefficient (Wildman–Crippen LogP) is 3.94. The molecule has 0 spiro atoms. The number of halogens is 3. The second-order valence-corrected chi connectivity index (χ2v) is 11.1. The molecule has 12 heteroatoms. The molecule has 2 N–H and O–H groups in total. The van der Waals surface area contributed by atoms with Gasteiger partial charge >= 0.3 is 0 Å². The number of aromatic hydroxyl groups is 1. The molecule has 4 heterocycles. The van der Waals surface area contributed by atoms with Crippen molar-refractivity contribution < 1.29 is 23.4 Å². The van der Waals surface area contributed by atoms with Crippen LogP contribution in [0.2, 0.25) is 0 Å². The first-order chi connectivity index (χ1) is 20.9. The lowest BCUT2D eigenvalue weighted by atomic mass is 9.97. The Morgan fingerprint density at radius 2 is 1.74 bits per heavy atom. The number of benzene rings is 2. The minimum absolute atomic E-state index is 0.0846. The maximum atomic E-state index is 15.2. The highest BCUT2D eigenvalue weighted by atomic mass is 19.2. The Hall–Kier alpha value is -3.74. The number of pyridine rings is 1. The van der Waals surface area contributed by atoms with Gasteiger partial charge in [0.1, 0.15) is 18.2 Å². The molecule has 2 aliphatic rings. The van der Waals surface area contributed by atoms with Gasteiger partial charge in [-0.1, -0.05) is 19.9 Å². The maximum Gasteiger partial charge on any atom is 0.228 e. The van der Waals surface area contributed by atoms with E-state index in [1.54, 1.807) is 6.20 Å². The summed E-state index contributed by atoms with van der Waals surface area (Å²) in [5.74, 6) is -1.19. The summed E-state index contributed by atoms with van der Waals surface area (Å²) in [4.78, 5) is 23.2. The standard InChI is InChI=1S/C31H36F3N7O2/c1-3-39(4-2)20-17-41(18-20)31-36-29-23(15-32)28(22-14-21(43)13-19-5-6-25(33)27(34)26(19)22)35-16-24(29)30(37-31)40-9-7-38(8-10-40)11-12-42/h5-6,13-14,16,20,42-43H,3-4,7-12,15,17-18H2,1-2H3. The summed E-state index contributed by atoms with van der Waals surface area (Å²) in [6.07, 6.45) is 1.56. The van der Waals surface area contributed by atoms with Crippen LogP contribution in [-0.4, -0.2) is 107 Å². The smallest absolute Gasteiger partial charge is 0.228 e. The van der Waals surface area contributed by atoms with Crippen molar-refractivity contribution in [2.24, 2.45) is 0 Å². The summed E-state index contributed by atoms with van der Waals surface area (Å²) in [6, 6.07) is 5.35. The average molecular weight is 596 g/mol. The molecule has 0 saturated carbocycles. The zero-order chi connectivity index (χ0) is 30.2. The van der Waals surface area contributed by atoms with Crippen molar-refractivity contribution in [1.29, 1.82) is 0 Å². The van der Waals surface area contributed by atoms with Gasteiger partial charge in [0.15, 0.2) is 11.6 Å². The summed E-state index contributed by atoms with van der Waals surface area (Å²) in [7, 11) is 0. The number of aliphatic hydroxyl groups is 1. The van der Waals surface area contributed by atoms with Crippen molar-refractivity contribution in [3.63, 3.8) is 0 Å². The molecule has 0 amide bonds. The van der Waals surface area contributed by atoms with E-state index in [4.69, 9.17) is 9.97 Å². The largest absolute Gasteiger partial charge is 0.508 e. The summed E-state index contributed by atoms with van der Waals surface area (Å²) in [6.45, 7) is 10.1. The summed E-state index contributed by atoms with van der Waals surface area (Å²) < 4.78 is 44.6. The van der Waals surface area contributed by atoms with Gasteiger partial charge in [0, 0.05) is 74.6 Å². The number of nitrogens with zero attached hydrogens (tertiary/aromatic N) is 7. The first-order valence-electron chi connectivity index (χ1n) is 14.8. The van der Waals surface area contributed by atoms with Crippen LogP contribution in [0.15, 0.2) is 30.5 Å². The number of hydrogen-bond donors (Lipinski definition) is 2. The molecule has 2 fully saturated rings. The van der Waals surface area contributed by atoms with E-state index in [1.807, 2.05) is 0 Å². The first kappa shape index (κ1) is 29.3. The fraction of sp³-hybridized carbons (Fsp3) is 0.452. The molecule has 228 valence electrons. The number of aliphatic hydroxyl groups excluding tert-OH is 1. The van der Waals surface area contributed by atoms with E-state index < -0.39 is 18.3 Å². The van der Waals surface area contributed by atoms with E-state index in [9.17, 15) is 14.6 Å². The zero-order valence-electron chi connectivity index (χ0n) is 24.4. The minimum Gasteiger partial charge on any atom is -0.508 e. The van der Waals surface area contributed by atoms with Crippen molar-refractivity contribution in [1.82, 2.24) is 24.8 Å². The number of phenolic OH excluding ortho intramolecular Hbond substituents is 1. The third-order valence-electron chi connectivity index (χ3n) is 8.75. The molecule has 9 nitrogen and oxygen atoms in total. The Bertz CT molecular complexity index is 1640. The van der Waals surface area contributed by atoms with Gasteiger partial charge in [-0.15, -0.1) is 0 Å². The van der Waals surface area contributed by atoms with Gasteiger partial charge < -0.3 is 20.0 Å². The van der Waals surface area contributed by atoms with Crippen LogP contribution in [0.1, 0.15) is 19.4 Å². The number of anilines is 2. The summed E-state index contributed by atoms with van der Waals surface area (Å²) in [5.41, 5.74) is 0.655. The molecule has 0 radical (unpaired) electrons. The Balaban J connectivity index is 1.50. The van der Waals surface area contributed by atoms with E-state index in [0.717, 1.165) is 45.3 Å². The zero-order valence-corrected chi connectivity index (χ0v) is 24.4. The molecule has 0 aliphatic carbocycles. The fourth-order valence-electron chi connectivity index (χ4n) is 6.34. The SMILES string of the molecule is CCN(CC)C1CN(c2nc(N3CCN(CCO)CC3)c3cnc(-c4cc(O)cc5ccc(F)c(F)c45)c(CF)c3n2)C1. The van der Waals surface area contributed by atoms with Crippen molar-refractivity contribution in [2.45, 2.75) is 26.6 Å². The van der Waals surface area contributed by atoms with Crippen LogP contribution in [0.3, 0.4) is 0 Å². The number of β-amino-alcohol motifs (C(OH)–C–C–N with tert-alkyl or cyclic N) is 1. The molecule has 2 saturated heterocycles. The monoisotopic (exact) mass is 595 g/mol. The van der Waals surface area contributed by atoms with Crippen LogP contribution >= 0.6 is 0 Å². The third kappa shape index (κ3) is 5.32. The lowest BCUT2D eigenvalue weighted by molar-refractivity contribution is 0.182. The molecule has 0 atom stereocenters. The number of likely N-dealkylation sites (N-methyl/N-ethyl adjacent to an activating group) is 1. The topological polar surface area (TPSA) is 92.1 Å². The van der Waals surface area contributed by atoms with Crippen molar-refractivity contribution in [2.75, 3.05) is 75.3 Å². The van der Waals surface area contributed by atoms with E-state index in [0.29, 0.717) is 48.3 Å². The fourth-order valence-corrected chi connectivity index (χ4v) is 6.34. The van der Waals surface area contributed by atoms with Gasteiger partial charge in [0.25, 0.3) is 0 Å². The molecule has 4 aromatic rings. The molecule has 0 bridgehead atoms. The average Bonchev–Trinajstić information content (AvgIpc) is 2.99. The number of aromatic nitrogens is 3. The Morgan fingerprint density at radius 3 is 2.42 bits per heavy atom. The first-order valence-corrected chi connectivity index (χ1v) is 14.8. The normalized spacial score (nSPS) is 16.5. The minimum atomic E-state index is -1.09. The highest BCUT2D eigenvalue weighted by Crippen LogP contribution is 2.40. The lowest BCUT2D eigenvalue weighted by Gasteiger charge is -2.45. The number of hydrogen-bond acceptors (Lipinski definition) is 9. The molecule has 2 aliphatic heterocycles. The number of piperazine rings is 1. The molecule has 0 unspecified atom stereocenters. The number of fused-ring (bicyclic) bond motifs is 2. The van der Waals surface area contributed by atoms with Crippen LogP contribution in [0.25, 0.3) is 32.9 Å². The quantitative estimate of drug-likeness (QED) is 0.299. The third-order valence-corrected chi connectivity index (χ3v) is 8.75. The second-order valence-electron chi connectivity index (χ2n) is 11.1. The van der Waals surface area contributed by atoms with Gasteiger partial charge in [-0.05, 0) is 36.7 Å². The van der Waals surface area contributed by atoms with Gasteiger partial charge in [-0.3, -0.25) is 14.8 Å². The van der Waals surface area contributed by atoms with E-state index in [1.165, 1.54) is 18.2 Å². The van der Waals surface area contributed by atoms with Crippen LogP contribution in [0, 0.1) is 11.6 Å². The Labute approximate surface area is 248 Å². The number of alkyl halides is 1. The molecule has 43 heavy (non-hydrogen) atoms. The van der Waals surface area contributed by atoms with Crippen LogP contribution < -0.4 is 9.80 Å². The highest BCUT2D eigenvalue weighted by molar-refractivity contribution is 6.02. The maximum absolute atomic E-state index is 15.2. The van der Waals surface area contributed by atoms with Gasteiger partial charge in [0.2, 0.25) is 5.95 Å². The van der Waals surface area contributed by atoms with E-state index >= 15 is 8.78 Å². The molecular formula is C31H36F3N7O2. The van der Waals surface area contributed by atoms with E-state index in [-0.39, 0.29) is 39.9 Å². The van der Waals surface area contributed by atoms with Gasteiger partial charge in [-0.2, -0.15) is 4.98 Å². The van der Waals surface area contributed by atoms with Crippen LogP contribution in [0.4, 0.5) is 24.9 Å². The molecule has 2 aromatic carbocycles. The van der Waals surface area contributed by atoms with E-state index in [2.05, 4.69) is 38.4 Å².